The van der Waals surface area contributed by atoms with Gasteiger partial charge in [-0.1, -0.05) is 388 Å². The van der Waals surface area contributed by atoms with Crippen LogP contribution in [0.4, 0.5) is 0 Å². The van der Waals surface area contributed by atoms with Crippen LogP contribution in [-0.4, -0.2) is 0 Å². The van der Waals surface area contributed by atoms with E-state index in [0.29, 0.717) is 0 Å². The van der Waals surface area contributed by atoms with Crippen molar-refractivity contribution in [3.63, 3.8) is 0 Å². The monoisotopic (exact) mass is 1740 g/mol. The first-order valence-electron chi connectivity index (χ1n) is 50.3. The molecule has 0 N–H and O–H groups in total. The van der Waals surface area contributed by atoms with Crippen LogP contribution in [0.1, 0.15) is 456 Å². The lowest BCUT2D eigenvalue weighted by atomic mass is 9.99. The molecule has 642 valence electrons. The molecule has 13 aromatic rings. The van der Waals surface area contributed by atoms with E-state index in [4.69, 9.17) is 0 Å². The summed E-state index contributed by atoms with van der Waals surface area (Å²) in [7, 11) is 0. The summed E-state index contributed by atoms with van der Waals surface area (Å²) in [6, 6.07) is 16.6. The first-order chi connectivity index (χ1) is 57.9. The summed E-state index contributed by atoms with van der Waals surface area (Å²) in [6.45, 7) is 14.1. The molecule has 0 atom stereocenters. The Kier molecular flexibility index (Phi) is 39.7. The molecule has 0 bridgehead atoms. The Labute approximate surface area is 747 Å². The smallest absolute Gasteiger partial charge is 0.0464 e. The van der Waals surface area contributed by atoms with Crippen LogP contribution in [0.5, 0.6) is 0 Å². The molecular formula is C108H156S9. The molecule has 0 spiro atoms. The molecule has 0 radical (unpaired) electrons. The molecule has 9 aromatic heterocycles. The highest BCUT2D eigenvalue weighted by atomic mass is 32.1. The predicted molar refractivity (Wildman–Crippen MR) is 551 cm³/mol. The standard InChI is InChI=1S/C108H156S9/c1-7-13-19-25-31-37-43-49-55-61-67-79-73-88-97(109-79)85-76-82(70-64-58-52-46-40-34-28-22-16-10-4)112-100(85)91-94-106(115-103(88)91)95-92-101-86(77-83(113-101)71-65-59-53-47-41-35-29-23-17-11-5)98-89(74-80(110-98)68-62-56-50-44-38-32-26-20-14-8-2)104(92)117-108(95)96-93-102-87(78-84(114-102)72-66-60-54-48-42-36-30-24-18-12-6)99-90(105(93)116-107(94)96)75-81(111-99)69-63-57-51-45-39-33-27-21-15-9-3/h73-78H,7-72H2,1-6H3. The molecule has 0 aliphatic rings. The van der Waals surface area contributed by atoms with E-state index in [-0.39, 0.29) is 0 Å². The third kappa shape index (κ3) is 24.9. The van der Waals surface area contributed by atoms with E-state index < -0.39 is 0 Å². The van der Waals surface area contributed by atoms with Gasteiger partial charge in [0.2, 0.25) is 0 Å². The SMILES string of the molecule is CCCCCCCCCCCCc1cc2c(s1)c1cc(CCCCCCCCCCCC)sc1c1c2sc2c1c1sc3c4cc(CCCCCCCCCCCC)sc4c4cc(CCCCCCCCCCCC)sc4c3c1c1sc3c4cc(CCCCCCCCCCCC)sc4c4cc(CCCCCCCCCCCC)sc4c3c21. The van der Waals surface area contributed by atoms with Crippen LogP contribution in [0.15, 0.2) is 36.4 Å². The first kappa shape index (κ1) is 92.0. The summed E-state index contributed by atoms with van der Waals surface area (Å²) in [5, 5.41) is 19.1. The van der Waals surface area contributed by atoms with Crippen molar-refractivity contribution >= 4 is 223 Å². The van der Waals surface area contributed by atoms with Gasteiger partial charge in [-0.05, 0) is 113 Å². The summed E-state index contributed by atoms with van der Waals surface area (Å²) in [5.41, 5.74) is 0. The second kappa shape index (κ2) is 50.4. The van der Waals surface area contributed by atoms with Crippen LogP contribution in [0.3, 0.4) is 0 Å². The zero-order chi connectivity index (χ0) is 80.6. The highest BCUT2D eigenvalue weighted by Crippen LogP contribution is 2.62. The average Bonchev–Trinajstić information content (AvgIpc) is 1.50. The van der Waals surface area contributed by atoms with Gasteiger partial charge < -0.3 is 0 Å². The highest BCUT2D eigenvalue weighted by molar-refractivity contribution is 7.37. The maximum Gasteiger partial charge on any atom is 0.0464 e. The fourth-order valence-electron chi connectivity index (χ4n) is 20.0. The van der Waals surface area contributed by atoms with Crippen LogP contribution in [0, 0.1) is 0 Å². The van der Waals surface area contributed by atoms with E-state index in [1.54, 1.807) is 150 Å². The normalized spacial score (nSPS) is 12.6. The number of hydrogen-bond acceptors (Lipinski definition) is 9. The molecule has 117 heavy (non-hydrogen) atoms. The summed E-state index contributed by atoms with van der Waals surface area (Å²) in [4.78, 5) is 9.77. The van der Waals surface area contributed by atoms with Crippen LogP contribution < -0.4 is 0 Å². The van der Waals surface area contributed by atoms with Crippen molar-refractivity contribution in [2.75, 3.05) is 0 Å². The Morgan fingerprint density at radius 1 is 0.128 bits per heavy atom. The number of rotatable bonds is 66. The average molecular weight is 1740 g/mol. The minimum absolute atomic E-state index is 1.21. The lowest BCUT2D eigenvalue weighted by Gasteiger charge is -2.03. The van der Waals surface area contributed by atoms with Gasteiger partial charge in [0, 0.05) is 150 Å². The maximum absolute atomic E-state index is 2.77. The Balaban J connectivity index is 0.972. The molecule has 4 aromatic carbocycles. The number of benzene rings is 4. The zero-order valence-corrected chi connectivity index (χ0v) is 82.2. The quantitative estimate of drug-likeness (QED) is 0.0333. The summed E-state index contributed by atoms with van der Waals surface area (Å²) < 4.78 is 19.2. The Bertz CT molecular complexity index is 4510. The van der Waals surface area contributed by atoms with Crippen molar-refractivity contribution < 1.29 is 0 Å². The van der Waals surface area contributed by atoms with Gasteiger partial charge in [0.15, 0.2) is 0 Å². The minimum atomic E-state index is 1.21. The Morgan fingerprint density at radius 3 is 0.402 bits per heavy atom. The van der Waals surface area contributed by atoms with E-state index in [9.17, 15) is 0 Å². The molecule has 0 aliphatic heterocycles. The number of unbranched alkanes of at least 4 members (excludes halogenated alkanes) is 54. The van der Waals surface area contributed by atoms with Gasteiger partial charge in [0.25, 0.3) is 0 Å². The summed E-state index contributed by atoms with van der Waals surface area (Å²) >= 11 is 20.0. The van der Waals surface area contributed by atoms with Crippen LogP contribution >= 0.6 is 102 Å². The van der Waals surface area contributed by atoms with Crippen LogP contribution in [-0.2, 0) is 38.5 Å². The Morgan fingerprint density at radius 2 is 0.248 bits per heavy atom. The molecule has 0 saturated carbocycles. The van der Waals surface area contributed by atoms with Gasteiger partial charge in [0.05, 0.1) is 0 Å². The molecule has 9 heteroatoms. The second-order valence-electron chi connectivity index (χ2n) is 36.9. The fraction of sp³-hybridized carbons (Fsp3) is 0.667. The van der Waals surface area contributed by atoms with Gasteiger partial charge in [-0.2, -0.15) is 0 Å². The molecule has 0 amide bonds. The topological polar surface area (TPSA) is 0 Å². The number of fused-ring (bicyclic) bond motifs is 27. The third-order valence-electron chi connectivity index (χ3n) is 26.9. The molecular weight excluding hydrogens is 1590 g/mol. The lowest BCUT2D eigenvalue weighted by Crippen LogP contribution is -1.84. The molecule has 0 nitrogen and oxygen atoms in total. The van der Waals surface area contributed by atoms with E-state index in [0.717, 1.165) is 0 Å². The van der Waals surface area contributed by atoms with Crippen molar-refractivity contribution in [2.45, 2.75) is 465 Å². The molecule has 13 rings (SSSR count). The van der Waals surface area contributed by atoms with E-state index in [2.05, 4.69) is 180 Å². The van der Waals surface area contributed by atoms with Crippen LogP contribution in [0.25, 0.3) is 121 Å². The number of hydrogen-bond donors (Lipinski definition) is 0. The molecule has 0 aliphatic carbocycles. The van der Waals surface area contributed by atoms with Crippen molar-refractivity contribution in [3.05, 3.63) is 65.7 Å². The summed E-state index contributed by atoms with van der Waals surface area (Å²) in [6.07, 6.45) is 90.7. The predicted octanol–water partition coefficient (Wildman–Crippen LogP) is 42.9. The molecule has 0 unspecified atom stereocenters. The lowest BCUT2D eigenvalue weighted by molar-refractivity contribution is 0.557. The fourth-order valence-corrected chi connectivity index (χ4v) is 32.4. The van der Waals surface area contributed by atoms with Gasteiger partial charge in [-0.25, -0.2) is 0 Å². The molecule has 0 fully saturated rings. The van der Waals surface area contributed by atoms with E-state index in [1.807, 2.05) is 0 Å². The minimum Gasteiger partial charge on any atom is -0.140 e. The third-order valence-corrected chi connectivity index (χ3v) is 38.0. The van der Waals surface area contributed by atoms with E-state index >= 15 is 0 Å². The number of aryl methyl sites for hydroxylation is 6. The molecule has 0 saturated heterocycles. The zero-order valence-electron chi connectivity index (χ0n) is 74.8. The maximum atomic E-state index is 2.77. The van der Waals surface area contributed by atoms with E-state index in [1.165, 1.54) is 424 Å². The van der Waals surface area contributed by atoms with Gasteiger partial charge >= 0.3 is 0 Å². The van der Waals surface area contributed by atoms with Gasteiger partial charge in [0.1, 0.15) is 0 Å². The second-order valence-corrected chi connectivity index (χ2v) is 46.7. The number of thiophene rings is 9. The van der Waals surface area contributed by atoms with Crippen molar-refractivity contribution in [2.24, 2.45) is 0 Å². The Hall–Kier alpha value is -2.70. The molecule has 9 heterocycles. The van der Waals surface area contributed by atoms with Crippen LogP contribution in [0.2, 0.25) is 0 Å². The first-order valence-corrected chi connectivity index (χ1v) is 57.6. The van der Waals surface area contributed by atoms with Crippen molar-refractivity contribution in [1.82, 2.24) is 0 Å². The largest absolute Gasteiger partial charge is 0.140 e. The van der Waals surface area contributed by atoms with Crippen molar-refractivity contribution in [1.29, 1.82) is 0 Å². The highest BCUT2D eigenvalue weighted by Gasteiger charge is 2.31. The van der Waals surface area contributed by atoms with Crippen molar-refractivity contribution in [3.8, 4) is 0 Å². The van der Waals surface area contributed by atoms with Gasteiger partial charge in [-0.15, -0.1) is 102 Å². The summed E-state index contributed by atoms with van der Waals surface area (Å²) in [5.74, 6) is 0. The van der Waals surface area contributed by atoms with Gasteiger partial charge in [-0.3, -0.25) is 0 Å².